The largest absolute Gasteiger partial charge is 0.353 e. The fourth-order valence-electron chi connectivity index (χ4n) is 5.65. The van der Waals surface area contributed by atoms with E-state index in [1.54, 1.807) is 6.07 Å². The maximum atomic E-state index is 14.3. The van der Waals surface area contributed by atoms with Gasteiger partial charge in [0.1, 0.15) is 11.6 Å². The molecule has 10 heteroatoms. The number of urea groups is 1. The average molecular weight is 608 g/mol. The Hall–Kier alpha value is -1.94. The summed E-state index contributed by atoms with van der Waals surface area (Å²) in [6.45, 7) is 8.05. The Morgan fingerprint density at radius 3 is 2.63 bits per heavy atom. The highest BCUT2D eigenvalue weighted by molar-refractivity contribution is 9.10. The third kappa shape index (κ3) is 6.97. The van der Waals surface area contributed by atoms with Crippen LogP contribution < -0.4 is 15.5 Å². The van der Waals surface area contributed by atoms with E-state index in [0.29, 0.717) is 36.2 Å². The Morgan fingerprint density at radius 2 is 1.95 bits per heavy atom. The molecule has 3 heterocycles. The van der Waals surface area contributed by atoms with Crippen LogP contribution in [0.1, 0.15) is 50.2 Å². The number of likely N-dealkylation sites (tertiary alicyclic amines) is 1. The molecule has 0 spiro atoms. The zero-order chi connectivity index (χ0) is 26.6. The number of anilines is 1. The number of nitrogens with zero attached hydrogens (tertiary/aromatic N) is 4. The molecule has 0 radical (unpaired) electrons. The molecule has 3 aliphatic rings. The lowest BCUT2D eigenvalue weighted by molar-refractivity contribution is 0.0607. The van der Waals surface area contributed by atoms with Gasteiger partial charge in [-0.25, -0.2) is 14.2 Å². The quantitative estimate of drug-likeness (QED) is 0.434. The SMILES string of the molecule is CCC1CN(c2ncc(CNC(=O)NC3CC3)cc2Cl)CCN1C1CCN(Cc2ccc(Br)cc2F)CC1. The number of pyridine rings is 1. The van der Waals surface area contributed by atoms with Crippen LogP contribution in [-0.2, 0) is 13.1 Å². The van der Waals surface area contributed by atoms with Crippen molar-refractivity contribution in [1.82, 2.24) is 25.4 Å². The van der Waals surface area contributed by atoms with Crippen molar-refractivity contribution in [3.63, 3.8) is 0 Å². The van der Waals surface area contributed by atoms with Crippen LogP contribution in [0, 0.1) is 5.82 Å². The fourth-order valence-corrected chi connectivity index (χ4v) is 6.29. The number of piperidine rings is 1. The van der Waals surface area contributed by atoms with Gasteiger partial charge in [0.2, 0.25) is 0 Å². The van der Waals surface area contributed by atoms with Gasteiger partial charge < -0.3 is 15.5 Å². The van der Waals surface area contributed by atoms with Crippen molar-refractivity contribution < 1.29 is 9.18 Å². The lowest BCUT2D eigenvalue weighted by Gasteiger charge is -2.47. The first-order chi connectivity index (χ1) is 18.4. The van der Waals surface area contributed by atoms with Gasteiger partial charge in [-0.3, -0.25) is 9.80 Å². The van der Waals surface area contributed by atoms with E-state index < -0.39 is 0 Å². The molecule has 1 unspecified atom stereocenters. The number of hydrogen-bond acceptors (Lipinski definition) is 5. The number of rotatable bonds is 8. The monoisotopic (exact) mass is 606 g/mol. The van der Waals surface area contributed by atoms with Gasteiger partial charge in [0.15, 0.2) is 0 Å². The molecule has 1 aromatic heterocycles. The minimum atomic E-state index is -0.140. The number of hydrogen-bond donors (Lipinski definition) is 2. The first-order valence-electron chi connectivity index (χ1n) is 13.8. The molecule has 2 N–H and O–H groups in total. The van der Waals surface area contributed by atoms with Crippen molar-refractivity contribution in [2.45, 2.75) is 70.2 Å². The Bertz CT molecular complexity index is 1130. The van der Waals surface area contributed by atoms with Crippen LogP contribution in [0.4, 0.5) is 15.0 Å². The van der Waals surface area contributed by atoms with Crippen molar-refractivity contribution in [2.75, 3.05) is 37.6 Å². The number of nitrogens with one attached hydrogen (secondary N) is 2. The minimum absolute atomic E-state index is 0.138. The van der Waals surface area contributed by atoms with E-state index in [0.717, 1.165) is 86.2 Å². The normalized spacial score (nSPS) is 21.5. The summed E-state index contributed by atoms with van der Waals surface area (Å²) in [6.07, 6.45) is 7.21. The molecular formula is C28H37BrClFN6O. The van der Waals surface area contributed by atoms with E-state index in [-0.39, 0.29) is 11.8 Å². The number of piperazine rings is 1. The van der Waals surface area contributed by atoms with Crippen LogP contribution in [0.5, 0.6) is 0 Å². The maximum absolute atomic E-state index is 14.3. The highest BCUT2D eigenvalue weighted by Gasteiger charge is 2.34. The smallest absolute Gasteiger partial charge is 0.315 e. The predicted octanol–water partition coefficient (Wildman–Crippen LogP) is 5.16. The average Bonchev–Trinajstić information content (AvgIpc) is 3.73. The first kappa shape index (κ1) is 27.6. The standard InChI is InChI=1S/C28H37BrClFN6O/c1-2-23-18-36(27-25(30)13-19(15-32-27)16-33-28(38)34-22-5-6-22)11-12-37(23)24-7-9-35(10-8-24)17-20-3-4-21(29)14-26(20)31/h3-4,13-15,22-24H,2,5-12,16-18H2,1H3,(H2,33,34,38). The van der Waals surface area contributed by atoms with E-state index in [9.17, 15) is 9.18 Å². The molecule has 5 rings (SSSR count). The van der Waals surface area contributed by atoms with Gasteiger partial charge in [-0.15, -0.1) is 0 Å². The van der Waals surface area contributed by atoms with Crippen LogP contribution in [-0.4, -0.2) is 71.7 Å². The predicted molar refractivity (Wildman–Crippen MR) is 153 cm³/mol. The van der Waals surface area contributed by atoms with Gasteiger partial charge in [-0.2, -0.15) is 0 Å². The van der Waals surface area contributed by atoms with Gasteiger partial charge in [0, 0.05) is 67.1 Å². The van der Waals surface area contributed by atoms with Gasteiger partial charge in [-0.1, -0.05) is 40.5 Å². The van der Waals surface area contributed by atoms with Crippen LogP contribution in [0.25, 0.3) is 0 Å². The summed E-state index contributed by atoms with van der Waals surface area (Å²) in [5.41, 5.74) is 1.66. The maximum Gasteiger partial charge on any atom is 0.315 e. The molecule has 1 saturated carbocycles. The van der Waals surface area contributed by atoms with E-state index in [1.165, 1.54) is 0 Å². The molecule has 2 aliphatic heterocycles. The van der Waals surface area contributed by atoms with E-state index in [1.807, 2.05) is 24.4 Å². The van der Waals surface area contributed by atoms with Gasteiger partial charge >= 0.3 is 6.03 Å². The van der Waals surface area contributed by atoms with Crippen molar-refractivity contribution in [3.8, 4) is 0 Å². The van der Waals surface area contributed by atoms with Crippen LogP contribution >= 0.6 is 27.5 Å². The molecular weight excluding hydrogens is 571 g/mol. The summed E-state index contributed by atoms with van der Waals surface area (Å²) in [7, 11) is 0. The van der Waals surface area contributed by atoms with Crippen molar-refractivity contribution in [1.29, 1.82) is 0 Å². The fraction of sp³-hybridized carbons (Fsp3) is 0.571. The van der Waals surface area contributed by atoms with E-state index in [4.69, 9.17) is 11.6 Å². The number of amides is 2. The number of halogens is 3. The van der Waals surface area contributed by atoms with Crippen LogP contribution in [0.3, 0.4) is 0 Å². The van der Waals surface area contributed by atoms with Gasteiger partial charge in [0.05, 0.1) is 5.02 Å². The summed E-state index contributed by atoms with van der Waals surface area (Å²) >= 11 is 10.0. The number of carbonyl (C=O) groups is 1. The molecule has 2 aromatic rings. The molecule has 2 saturated heterocycles. The zero-order valence-electron chi connectivity index (χ0n) is 21.9. The molecule has 1 aliphatic carbocycles. The summed E-state index contributed by atoms with van der Waals surface area (Å²) in [6, 6.07) is 8.44. The second kappa shape index (κ2) is 12.5. The van der Waals surface area contributed by atoms with Gasteiger partial charge in [0.25, 0.3) is 0 Å². The second-order valence-electron chi connectivity index (χ2n) is 10.7. The first-order valence-corrected chi connectivity index (χ1v) is 14.9. The summed E-state index contributed by atoms with van der Waals surface area (Å²) in [5.74, 6) is 0.682. The minimum Gasteiger partial charge on any atom is -0.353 e. The van der Waals surface area contributed by atoms with Crippen molar-refractivity contribution in [2.24, 2.45) is 0 Å². The second-order valence-corrected chi connectivity index (χ2v) is 12.1. The topological polar surface area (TPSA) is 63.7 Å². The van der Waals surface area contributed by atoms with Crippen molar-refractivity contribution >= 4 is 39.4 Å². The summed E-state index contributed by atoms with van der Waals surface area (Å²) in [4.78, 5) is 23.9. The molecule has 2 amide bonds. The van der Waals surface area contributed by atoms with E-state index >= 15 is 0 Å². The summed E-state index contributed by atoms with van der Waals surface area (Å²) < 4.78 is 15.1. The third-order valence-corrected chi connectivity index (χ3v) is 8.75. The Balaban J connectivity index is 1.12. The Labute approximate surface area is 238 Å². The Morgan fingerprint density at radius 1 is 1.16 bits per heavy atom. The highest BCUT2D eigenvalue weighted by atomic mass is 79.9. The lowest BCUT2D eigenvalue weighted by Crippen LogP contribution is -2.58. The summed E-state index contributed by atoms with van der Waals surface area (Å²) in [5, 5.41) is 6.44. The highest BCUT2D eigenvalue weighted by Crippen LogP contribution is 2.30. The zero-order valence-corrected chi connectivity index (χ0v) is 24.3. The molecule has 0 bridgehead atoms. The van der Waals surface area contributed by atoms with Crippen LogP contribution in [0.15, 0.2) is 34.9 Å². The number of carbonyl (C=O) groups excluding carboxylic acids is 1. The van der Waals surface area contributed by atoms with Crippen molar-refractivity contribution in [3.05, 3.63) is 56.9 Å². The molecule has 1 aromatic carbocycles. The molecule has 7 nitrogen and oxygen atoms in total. The number of benzene rings is 1. The Kier molecular flexibility index (Phi) is 9.08. The van der Waals surface area contributed by atoms with Gasteiger partial charge in [-0.05, 0) is 69.0 Å². The molecule has 3 fully saturated rings. The van der Waals surface area contributed by atoms with E-state index in [2.05, 4.69) is 53.2 Å². The van der Waals surface area contributed by atoms with Crippen LogP contribution in [0.2, 0.25) is 5.02 Å². The molecule has 1 atom stereocenters. The number of aromatic nitrogens is 1. The third-order valence-electron chi connectivity index (χ3n) is 7.98. The molecule has 38 heavy (non-hydrogen) atoms. The lowest BCUT2D eigenvalue weighted by atomic mass is 9.97. The molecule has 206 valence electrons.